The highest BCUT2D eigenvalue weighted by Gasteiger charge is 2.10. The Morgan fingerprint density at radius 3 is 2.61 bits per heavy atom. The SMILES string of the molecule is CC(C)CCNc1cc(NC(C)C(=O)O)ncn1. The highest BCUT2D eigenvalue weighted by atomic mass is 16.4. The Morgan fingerprint density at radius 2 is 2.00 bits per heavy atom. The molecule has 0 fully saturated rings. The van der Waals surface area contributed by atoms with E-state index in [0.29, 0.717) is 17.6 Å². The molecule has 1 aromatic rings. The van der Waals surface area contributed by atoms with Crippen molar-refractivity contribution >= 4 is 17.6 Å². The summed E-state index contributed by atoms with van der Waals surface area (Å²) >= 11 is 0. The highest BCUT2D eigenvalue weighted by molar-refractivity contribution is 5.76. The van der Waals surface area contributed by atoms with E-state index in [1.165, 1.54) is 6.33 Å². The second kappa shape index (κ2) is 6.78. The monoisotopic (exact) mass is 252 g/mol. The standard InChI is InChI=1S/C12H20N4O2/c1-8(2)4-5-13-10-6-11(15-7-14-10)16-9(3)12(17)18/h6-9H,4-5H2,1-3H3,(H,17,18)(H2,13,14,15,16). The van der Waals surface area contributed by atoms with Gasteiger partial charge in [0.25, 0.3) is 0 Å². The molecule has 0 bridgehead atoms. The van der Waals surface area contributed by atoms with Gasteiger partial charge in [-0.1, -0.05) is 13.8 Å². The maximum Gasteiger partial charge on any atom is 0.325 e. The Balaban J connectivity index is 2.54. The maximum absolute atomic E-state index is 10.7. The van der Waals surface area contributed by atoms with Crippen LogP contribution in [0.25, 0.3) is 0 Å². The fourth-order valence-electron chi connectivity index (χ4n) is 1.31. The molecule has 1 rings (SSSR count). The quantitative estimate of drug-likeness (QED) is 0.686. The van der Waals surface area contributed by atoms with Gasteiger partial charge in [0, 0.05) is 12.6 Å². The minimum absolute atomic E-state index is 0.506. The van der Waals surface area contributed by atoms with Gasteiger partial charge < -0.3 is 15.7 Å². The van der Waals surface area contributed by atoms with Gasteiger partial charge in [0.05, 0.1) is 0 Å². The first kappa shape index (κ1) is 14.2. The second-order valence-electron chi connectivity index (χ2n) is 4.60. The van der Waals surface area contributed by atoms with E-state index in [4.69, 9.17) is 5.11 Å². The van der Waals surface area contributed by atoms with Crippen molar-refractivity contribution < 1.29 is 9.90 Å². The van der Waals surface area contributed by atoms with Crippen LogP contribution in [0.3, 0.4) is 0 Å². The molecule has 6 heteroatoms. The number of aliphatic carboxylic acids is 1. The summed E-state index contributed by atoms with van der Waals surface area (Å²) in [5.74, 6) is 0.921. The van der Waals surface area contributed by atoms with Gasteiger partial charge in [0.2, 0.25) is 0 Å². The van der Waals surface area contributed by atoms with Crippen molar-refractivity contribution in [1.82, 2.24) is 9.97 Å². The minimum atomic E-state index is -0.914. The van der Waals surface area contributed by atoms with Crippen LogP contribution in [0.2, 0.25) is 0 Å². The smallest absolute Gasteiger partial charge is 0.325 e. The van der Waals surface area contributed by atoms with Crippen LogP contribution in [0.4, 0.5) is 11.6 Å². The summed E-state index contributed by atoms with van der Waals surface area (Å²) in [4.78, 5) is 18.8. The van der Waals surface area contributed by atoms with E-state index >= 15 is 0 Å². The van der Waals surface area contributed by atoms with Crippen molar-refractivity contribution in [3.8, 4) is 0 Å². The molecule has 6 nitrogen and oxygen atoms in total. The van der Waals surface area contributed by atoms with Crippen molar-refractivity contribution in [2.75, 3.05) is 17.2 Å². The van der Waals surface area contributed by atoms with Crippen molar-refractivity contribution in [1.29, 1.82) is 0 Å². The second-order valence-corrected chi connectivity index (χ2v) is 4.60. The average molecular weight is 252 g/mol. The number of carbonyl (C=O) groups is 1. The number of anilines is 2. The first-order valence-electron chi connectivity index (χ1n) is 6.04. The Bertz CT molecular complexity index is 395. The summed E-state index contributed by atoms with van der Waals surface area (Å²) in [6.07, 6.45) is 2.47. The van der Waals surface area contributed by atoms with Crippen molar-refractivity contribution in [2.45, 2.75) is 33.2 Å². The molecule has 1 aromatic heterocycles. The normalized spacial score (nSPS) is 12.2. The molecule has 0 aliphatic heterocycles. The van der Waals surface area contributed by atoms with Crippen LogP contribution in [-0.4, -0.2) is 33.6 Å². The van der Waals surface area contributed by atoms with Crippen LogP contribution < -0.4 is 10.6 Å². The van der Waals surface area contributed by atoms with E-state index in [-0.39, 0.29) is 0 Å². The van der Waals surface area contributed by atoms with Crippen molar-refractivity contribution in [3.63, 3.8) is 0 Å². The molecule has 1 heterocycles. The zero-order valence-electron chi connectivity index (χ0n) is 11.0. The zero-order chi connectivity index (χ0) is 13.5. The lowest BCUT2D eigenvalue weighted by atomic mass is 10.1. The van der Waals surface area contributed by atoms with Crippen LogP contribution >= 0.6 is 0 Å². The molecule has 0 aromatic carbocycles. The molecule has 1 atom stereocenters. The Kier molecular flexibility index (Phi) is 5.35. The van der Waals surface area contributed by atoms with Crippen LogP contribution in [-0.2, 0) is 4.79 Å². The molecule has 1 unspecified atom stereocenters. The van der Waals surface area contributed by atoms with Gasteiger partial charge in [-0.2, -0.15) is 0 Å². The summed E-state index contributed by atoms with van der Waals surface area (Å²) in [6.45, 7) is 6.71. The Labute approximate surface area is 107 Å². The first-order valence-corrected chi connectivity index (χ1v) is 6.04. The zero-order valence-corrected chi connectivity index (χ0v) is 11.0. The summed E-state index contributed by atoms with van der Waals surface area (Å²) in [6, 6.07) is 1.03. The number of hydrogen-bond acceptors (Lipinski definition) is 5. The molecule has 0 spiro atoms. The van der Waals surface area contributed by atoms with Crippen LogP contribution in [0, 0.1) is 5.92 Å². The molecule has 0 amide bonds. The lowest BCUT2D eigenvalue weighted by molar-refractivity contribution is -0.137. The number of carboxylic acids is 1. The molecular weight excluding hydrogens is 232 g/mol. The fraction of sp³-hybridized carbons (Fsp3) is 0.583. The van der Waals surface area contributed by atoms with Crippen molar-refractivity contribution in [2.24, 2.45) is 5.92 Å². The molecule has 18 heavy (non-hydrogen) atoms. The lowest BCUT2D eigenvalue weighted by Gasteiger charge is -2.11. The van der Waals surface area contributed by atoms with Gasteiger partial charge in [-0.15, -0.1) is 0 Å². The van der Waals surface area contributed by atoms with E-state index in [2.05, 4.69) is 34.4 Å². The number of nitrogens with zero attached hydrogens (tertiary/aromatic N) is 2. The van der Waals surface area contributed by atoms with Gasteiger partial charge >= 0.3 is 5.97 Å². The molecule has 0 saturated heterocycles. The number of rotatable bonds is 7. The summed E-state index contributed by atoms with van der Waals surface area (Å²) in [5, 5.41) is 14.8. The third-order valence-corrected chi connectivity index (χ3v) is 2.43. The van der Waals surface area contributed by atoms with E-state index < -0.39 is 12.0 Å². The Hall–Kier alpha value is -1.85. The number of nitrogens with one attached hydrogen (secondary N) is 2. The van der Waals surface area contributed by atoms with Gasteiger partial charge in [0.1, 0.15) is 24.0 Å². The Morgan fingerprint density at radius 1 is 1.33 bits per heavy atom. The predicted octanol–water partition coefficient (Wildman–Crippen LogP) is 1.82. The van der Waals surface area contributed by atoms with E-state index in [1.54, 1.807) is 13.0 Å². The van der Waals surface area contributed by atoms with Crippen LogP contribution in [0.15, 0.2) is 12.4 Å². The van der Waals surface area contributed by atoms with Crippen molar-refractivity contribution in [3.05, 3.63) is 12.4 Å². The molecule has 0 radical (unpaired) electrons. The van der Waals surface area contributed by atoms with Crippen LogP contribution in [0.1, 0.15) is 27.2 Å². The van der Waals surface area contributed by atoms with Gasteiger partial charge in [-0.25, -0.2) is 9.97 Å². The first-order chi connectivity index (χ1) is 8.49. The summed E-state index contributed by atoms with van der Waals surface area (Å²) in [7, 11) is 0. The van der Waals surface area contributed by atoms with Gasteiger partial charge in [0.15, 0.2) is 0 Å². The van der Waals surface area contributed by atoms with Gasteiger partial charge in [-0.05, 0) is 19.3 Å². The largest absolute Gasteiger partial charge is 0.480 e. The topological polar surface area (TPSA) is 87.1 Å². The highest BCUT2D eigenvalue weighted by Crippen LogP contribution is 2.10. The number of hydrogen-bond donors (Lipinski definition) is 3. The van der Waals surface area contributed by atoms with E-state index in [0.717, 1.165) is 13.0 Å². The molecular formula is C12H20N4O2. The summed E-state index contributed by atoms with van der Waals surface area (Å²) < 4.78 is 0. The average Bonchev–Trinajstić information content (AvgIpc) is 2.28. The third kappa shape index (κ3) is 4.99. The minimum Gasteiger partial charge on any atom is -0.480 e. The fourth-order valence-corrected chi connectivity index (χ4v) is 1.31. The number of carboxylic acid groups (broad SMARTS) is 1. The van der Waals surface area contributed by atoms with Crippen LogP contribution in [0.5, 0.6) is 0 Å². The lowest BCUT2D eigenvalue weighted by Crippen LogP contribution is -2.25. The molecule has 0 aliphatic carbocycles. The molecule has 100 valence electrons. The summed E-state index contributed by atoms with van der Waals surface area (Å²) in [5.41, 5.74) is 0. The third-order valence-electron chi connectivity index (χ3n) is 2.43. The molecule has 0 saturated carbocycles. The predicted molar refractivity (Wildman–Crippen MR) is 70.7 cm³/mol. The maximum atomic E-state index is 10.7. The van der Waals surface area contributed by atoms with Gasteiger partial charge in [-0.3, -0.25) is 4.79 Å². The van der Waals surface area contributed by atoms with E-state index in [1.807, 2.05) is 0 Å². The van der Waals surface area contributed by atoms with E-state index in [9.17, 15) is 4.79 Å². The molecule has 3 N–H and O–H groups in total. The molecule has 0 aliphatic rings. The number of aromatic nitrogens is 2.